The van der Waals surface area contributed by atoms with Crippen molar-refractivity contribution in [3.05, 3.63) is 35.3 Å². The molecule has 2 aromatic rings. The molecule has 5 nitrogen and oxygen atoms in total. The van der Waals surface area contributed by atoms with Gasteiger partial charge in [0.2, 0.25) is 5.13 Å². The molecule has 18 heavy (non-hydrogen) atoms. The molecule has 1 aromatic heterocycles. The van der Waals surface area contributed by atoms with Crippen LogP contribution in [0.5, 0.6) is 0 Å². The molecule has 94 valence electrons. The molecule has 0 unspecified atom stereocenters. The number of rotatable bonds is 3. The van der Waals surface area contributed by atoms with E-state index in [-0.39, 0.29) is 6.03 Å². The van der Waals surface area contributed by atoms with Gasteiger partial charge in [-0.25, -0.2) is 4.79 Å². The average molecular weight is 262 g/mol. The molecule has 0 fully saturated rings. The van der Waals surface area contributed by atoms with E-state index in [1.165, 1.54) is 11.3 Å². The van der Waals surface area contributed by atoms with E-state index in [0.29, 0.717) is 11.0 Å². The maximum Gasteiger partial charge on any atom is 0.325 e. The summed E-state index contributed by atoms with van der Waals surface area (Å²) in [7, 11) is 0. The summed E-state index contributed by atoms with van der Waals surface area (Å²) in [5.41, 5.74) is 0.739. The standard InChI is InChI=1S/C12H14N4OS/c1-8(2)10-15-16-12(18-10)14-11(17)13-9-6-4-3-5-7-9/h3-8H,1-2H3,(H2,13,14,16,17). The number of carbonyl (C=O) groups is 1. The monoisotopic (exact) mass is 262 g/mol. The van der Waals surface area contributed by atoms with Gasteiger partial charge in [-0.15, -0.1) is 10.2 Å². The Morgan fingerprint density at radius 3 is 2.50 bits per heavy atom. The van der Waals surface area contributed by atoms with Crippen LogP contribution >= 0.6 is 11.3 Å². The van der Waals surface area contributed by atoms with Crippen molar-refractivity contribution in [2.24, 2.45) is 0 Å². The summed E-state index contributed by atoms with van der Waals surface area (Å²) >= 11 is 1.39. The molecule has 0 aliphatic rings. The van der Waals surface area contributed by atoms with Crippen LogP contribution in [0.4, 0.5) is 15.6 Å². The fourth-order valence-electron chi connectivity index (χ4n) is 1.30. The Kier molecular flexibility index (Phi) is 3.88. The zero-order valence-electron chi connectivity index (χ0n) is 10.2. The van der Waals surface area contributed by atoms with E-state index in [0.717, 1.165) is 10.7 Å². The molecule has 0 saturated heterocycles. The van der Waals surface area contributed by atoms with Crippen molar-refractivity contribution in [1.82, 2.24) is 10.2 Å². The smallest absolute Gasteiger partial charge is 0.308 e. The lowest BCUT2D eigenvalue weighted by Gasteiger charge is -2.04. The first-order chi connectivity index (χ1) is 8.65. The summed E-state index contributed by atoms with van der Waals surface area (Å²) in [4.78, 5) is 11.7. The Labute approximate surface area is 109 Å². The Morgan fingerprint density at radius 1 is 1.17 bits per heavy atom. The Hall–Kier alpha value is -1.95. The largest absolute Gasteiger partial charge is 0.325 e. The van der Waals surface area contributed by atoms with Crippen LogP contribution in [0.25, 0.3) is 0 Å². The van der Waals surface area contributed by atoms with Crippen LogP contribution < -0.4 is 10.6 Å². The van der Waals surface area contributed by atoms with Crippen molar-refractivity contribution in [2.45, 2.75) is 19.8 Å². The fourth-order valence-corrected chi connectivity index (χ4v) is 2.04. The second-order valence-corrected chi connectivity index (χ2v) is 5.05. The maximum absolute atomic E-state index is 11.7. The van der Waals surface area contributed by atoms with Crippen molar-refractivity contribution in [1.29, 1.82) is 0 Å². The molecule has 0 bridgehead atoms. The lowest BCUT2D eigenvalue weighted by Crippen LogP contribution is -2.19. The molecule has 1 heterocycles. The van der Waals surface area contributed by atoms with Gasteiger partial charge in [-0.2, -0.15) is 0 Å². The van der Waals surface area contributed by atoms with Gasteiger partial charge in [0.25, 0.3) is 0 Å². The zero-order chi connectivity index (χ0) is 13.0. The van der Waals surface area contributed by atoms with Crippen molar-refractivity contribution < 1.29 is 4.79 Å². The molecule has 0 radical (unpaired) electrons. The maximum atomic E-state index is 11.7. The van der Waals surface area contributed by atoms with E-state index >= 15 is 0 Å². The van der Waals surface area contributed by atoms with E-state index in [2.05, 4.69) is 20.8 Å². The van der Waals surface area contributed by atoms with E-state index in [9.17, 15) is 4.79 Å². The molecule has 0 aliphatic heterocycles. The molecule has 0 saturated carbocycles. The number of nitrogens with zero attached hydrogens (tertiary/aromatic N) is 2. The molecule has 1 aromatic carbocycles. The quantitative estimate of drug-likeness (QED) is 0.891. The number of urea groups is 1. The lowest BCUT2D eigenvalue weighted by atomic mass is 10.2. The average Bonchev–Trinajstić information content (AvgIpc) is 2.78. The summed E-state index contributed by atoms with van der Waals surface area (Å²) in [5.74, 6) is 0.315. The zero-order valence-corrected chi connectivity index (χ0v) is 11.0. The van der Waals surface area contributed by atoms with E-state index in [4.69, 9.17) is 0 Å². The third-order valence-electron chi connectivity index (χ3n) is 2.19. The second-order valence-electron chi connectivity index (χ2n) is 4.05. The van der Waals surface area contributed by atoms with E-state index in [1.807, 2.05) is 44.2 Å². The highest BCUT2D eigenvalue weighted by Gasteiger charge is 2.10. The van der Waals surface area contributed by atoms with Crippen molar-refractivity contribution >= 4 is 28.2 Å². The van der Waals surface area contributed by atoms with Gasteiger partial charge in [-0.1, -0.05) is 43.4 Å². The van der Waals surface area contributed by atoms with Crippen LogP contribution in [0.1, 0.15) is 24.8 Å². The predicted molar refractivity (Wildman–Crippen MR) is 73.1 cm³/mol. The van der Waals surface area contributed by atoms with Gasteiger partial charge >= 0.3 is 6.03 Å². The highest BCUT2D eigenvalue weighted by Crippen LogP contribution is 2.22. The minimum absolute atomic E-state index is 0.312. The van der Waals surface area contributed by atoms with Crippen LogP contribution in [0, 0.1) is 0 Å². The van der Waals surface area contributed by atoms with Crippen LogP contribution in [-0.2, 0) is 0 Å². The normalized spacial score (nSPS) is 10.4. The molecule has 0 atom stereocenters. The number of carbonyl (C=O) groups excluding carboxylic acids is 1. The number of hydrogen-bond donors (Lipinski definition) is 2. The first kappa shape index (κ1) is 12.5. The lowest BCUT2D eigenvalue weighted by molar-refractivity contribution is 0.262. The highest BCUT2D eigenvalue weighted by atomic mass is 32.1. The molecule has 2 amide bonds. The van der Waals surface area contributed by atoms with Gasteiger partial charge in [-0.05, 0) is 12.1 Å². The number of anilines is 2. The van der Waals surface area contributed by atoms with E-state index in [1.54, 1.807) is 0 Å². The minimum atomic E-state index is -0.312. The summed E-state index contributed by atoms with van der Waals surface area (Å²) < 4.78 is 0. The summed E-state index contributed by atoms with van der Waals surface area (Å²) in [5, 5.41) is 14.7. The third-order valence-corrected chi connectivity index (χ3v) is 3.33. The third kappa shape index (κ3) is 3.27. The first-order valence-electron chi connectivity index (χ1n) is 5.61. The molecule has 2 rings (SSSR count). The van der Waals surface area contributed by atoms with Gasteiger partial charge in [-0.3, -0.25) is 5.32 Å². The van der Waals surface area contributed by atoms with Gasteiger partial charge in [0.15, 0.2) is 0 Å². The van der Waals surface area contributed by atoms with Crippen molar-refractivity contribution in [3.63, 3.8) is 0 Å². The Bertz CT molecular complexity index is 524. The summed E-state index contributed by atoms with van der Waals surface area (Å²) in [6.45, 7) is 4.07. The molecule has 0 spiro atoms. The number of aromatic nitrogens is 2. The van der Waals surface area contributed by atoms with E-state index < -0.39 is 0 Å². The highest BCUT2D eigenvalue weighted by molar-refractivity contribution is 7.15. The number of para-hydroxylation sites is 1. The number of nitrogens with one attached hydrogen (secondary N) is 2. The molecule has 2 N–H and O–H groups in total. The van der Waals surface area contributed by atoms with Gasteiger partial charge in [0, 0.05) is 11.6 Å². The number of hydrogen-bond acceptors (Lipinski definition) is 4. The van der Waals surface area contributed by atoms with Gasteiger partial charge in [0.05, 0.1) is 0 Å². The van der Waals surface area contributed by atoms with Gasteiger partial charge < -0.3 is 5.32 Å². The van der Waals surface area contributed by atoms with Crippen molar-refractivity contribution in [2.75, 3.05) is 10.6 Å². The first-order valence-corrected chi connectivity index (χ1v) is 6.43. The topological polar surface area (TPSA) is 66.9 Å². The van der Waals surface area contributed by atoms with Crippen LogP contribution in [0.3, 0.4) is 0 Å². The summed E-state index contributed by atoms with van der Waals surface area (Å²) in [6.07, 6.45) is 0. The summed E-state index contributed by atoms with van der Waals surface area (Å²) in [6, 6.07) is 8.93. The van der Waals surface area contributed by atoms with Crippen molar-refractivity contribution in [3.8, 4) is 0 Å². The SMILES string of the molecule is CC(C)c1nnc(NC(=O)Nc2ccccc2)s1. The Morgan fingerprint density at radius 2 is 1.89 bits per heavy atom. The minimum Gasteiger partial charge on any atom is -0.308 e. The Balaban J connectivity index is 1.95. The second kappa shape index (κ2) is 5.59. The fraction of sp³-hybridized carbons (Fsp3) is 0.250. The van der Waals surface area contributed by atoms with Crippen LogP contribution in [0.15, 0.2) is 30.3 Å². The molecule has 0 aliphatic carbocycles. The predicted octanol–water partition coefficient (Wildman–Crippen LogP) is 3.31. The number of benzene rings is 1. The molecular formula is C12H14N4OS. The van der Waals surface area contributed by atoms with Crippen LogP contribution in [0.2, 0.25) is 0 Å². The number of amides is 2. The van der Waals surface area contributed by atoms with Gasteiger partial charge in [0.1, 0.15) is 5.01 Å². The van der Waals surface area contributed by atoms with Crippen LogP contribution in [-0.4, -0.2) is 16.2 Å². The molecule has 6 heteroatoms. The molecular weight excluding hydrogens is 248 g/mol.